The molecule has 0 unspecified atom stereocenters. The molecule has 3 aromatic rings. The van der Waals surface area contributed by atoms with Crippen molar-refractivity contribution in [2.45, 2.75) is 25.4 Å². The van der Waals surface area contributed by atoms with Crippen molar-refractivity contribution < 1.29 is 8.78 Å². The average Bonchev–Trinajstić information content (AvgIpc) is 3.43. The van der Waals surface area contributed by atoms with Crippen molar-refractivity contribution in [2.24, 2.45) is 0 Å². The Labute approximate surface area is 155 Å². The van der Waals surface area contributed by atoms with Gasteiger partial charge in [0.1, 0.15) is 18.0 Å². The van der Waals surface area contributed by atoms with Gasteiger partial charge in [-0.3, -0.25) is 4.90 Å². The highest BCUT2D eigenvalue weighted by atomic mass is 19.1. The molecular weight excluding hydrogens is 350 g/mol. The second kappa shape index (κ2) is 6.53. The Morgan fingerprint density at radius 2 is 1.81 bits per heavy atom. The van der Waals surface area contributed by atoms with Gasteiger partial charge in [0.25, 0.3) is 0 Å². The third-order valence-corrected chi connectivity index (χ3v) is 5.35. The van der Waals surface area contributed by atoms with Crippen molar-refractivity contribution in [3.8, 4) is 0 Å². The van der Waals surface area contributed by atoms with E-state index in [1.165, 1.54) is 25.0 Å². The lowest BCUT2D eigenvalue weighted by molar-refractivity contribution is 0.246. The Morgan fingerprint density at radius 3 is 2.59 bits per heavy atom. The smallest absolute Gasteiger partial charge is 0.165 e. The lowest BCUT2D eigenvalue weighted by Crippen LogP contribution is -2.46. The largest absolute Gasteiger partial charge is 0.352 e. The van der Waals surface area contributed by atoms with Crippen LogP contribution < -0.4 is 4.90 Å². The summed E-state index contributed by atoms with van der Waals surface area (Å²) in [4.78, 5) is 17.8. The first kappa shape index (κ1) is 16.6. The Hall–Kier alpha value is -2.61. The number of halogens is 2. The van der Waals surface area contributed by atoms with Crippen LogP contribution in [0.3, 0.4) is 0 Å². The van der Waals surface area contributed by atoms with Crippen molar-refractivity contribution in [1.29, 1.82) is 0 Å². The molecule has 0 spiro atoms. The fourth-order valence-electron chi connectivity index (χ4n) is 3.71. The summed E-state index contributed by atoms with van der Waals surface area (Å²) in [7, 11) is 0. The molecule has 2 aromatic heterocycles. The number of fused-ring (bicyclic) bond motifs is 1. The summed E-state index contributed by atoms with van der Waals surface area (Å²) in [6.07, 6.45) is 5.83. The summed E-state index contributed by atoms with van der Waals surface area (Å²) in [6, 6.07) is 4.14. The number of anilines is 1. The van der Waals surface area contributed by atoms with Gasteiger partial charge in [-0.15, -0.1) is 0 Å². The summed E-state index contributed by atoms with van der Waals surface area (Å²) < 4.78 is 29.4. The molecule has 27 heavy (non-hydrogen) atoms. The van der Waals surface area contributed by atoms with Crippen molar-refractivity contribution >= 4 is 17.0 Å². The lowest BCUT2D eigenvalue weighted by Gasteiger charge is -2.35. The number of nitrogens with zero attached hydrogens (tertiary/aromatic N) is 6. The number of piperazine rings is 1. The van der Waals surface area contributed by atoms with E-state index < -0.39 is 5.82 Å². The second-order valence-corrected chi connectivity index (χ2v) is 7.25. The molecule has 1 aromatic carbocycles. The SMILES string of the molecule is Fc1ccc(F)c(CN2CCN(c3ncnc4c3ncn4C3CC3)CC2)c1. The quantitative estimate of drug-likeness (QED) is 0.707. The van der Waals surface area contributed by atoms with Crippen LogP contribution in [0.2, 0.25) is 0 Å². The molecule has 2 fully saturated rings. The summed E-state index contributed by atoms with van der Waals surface area (Å²) in [6.45, 7) is 3.45. The van der Waals surface area contributed by atoms with E-state index >= 15 is 0 Å². The van der Waals surface area contributed by atoms with Crippen LogP contribution >= 0.6 is 0 Å². The fraction of sp³-hybridized carbons (Fsp3) is 0.421. The number of benzene rings is 1. The zero-order chi connectivity index (χ0) is 18.4. The van der Waals surface area contributed by atoms with Crippen molar-refractivity contribution in [3.63, 3.8) is 0 Å². The molecule has 0 atom stereocenters. The summed E-state index contributed by atoms with van der Waals surface area (Å²) in [5.74, 6) is 0.0950. The monoisotopic (exact) mass is 370 g/mol. The van der Waals surface area contributed by atoms with Crippen molar-refractivity contribution in [2.75, 3.05) is 31.1 Å². The zero-order valence-corrected chi connectivity index (χ0v) is 14.9. The van der Waals surface area contributed by atoms with E-state index in [0.29, 0.717) is 18.2 Å². The maximum absolute atomic E-state index is 13.9. The third kappa shape index (κ3) is 3.14. The number of aromatic nitrogens is 4. The maximum atomic E-state index is 13.9. The summed E-state index contributed by atoms with van der Waals surface area (Å²) in [5.41, 5.74) is 2.14. The number of hydrogen-bond donors (Lipinski definition) is 0. The van der Waals surface area contributed by atoms with E-state index in [4.69, 9.17) is 0 Å². The molecule has 0 bridgehead atoms. The Kier molecular flexibility index (Phi) is 4.00. The van der Waals surface area contributed by atoms with Gasteiger partial charge in [-0.05, 0) is 31.0 Å². The van der Waals surface area contributed by atoms with E-state index in [9.17, 15) is 8.78 Å². The molecule has 6 nitrogen and oxygen atoms in total. The van der Waals surface area contributed by atoms with Crippen LogP contribution in [-0.4, -0.2) is 50.6 Å². The lowest BCUT2D eigenvalue weighted by atomic mass is 10.1. The van der Waals surface area contributed by atoms with Gasteiger partial charge < -0.3 is 9.47 Å². The first-order valence-corrected chi connectivity index (χ1v) is 9.28. The highest BCUT2D eigenvalue weighted by Crippen LogP contribution is 2.37. The molecule has 0 N–H and O–H groups in total. The molecule has 0 radical (unpaired) electrons. The number of rotatable bonds is 4. The van der Waals surface area contributed by atoms with Gasteiger partial charge in [0.05, 0.1) is 6.33 Å². The predicted octanol–water partition coefficient (Wildman–Crippen LogP) is 2.76. The fourth-order valence-corrected chi connectivity index (χ4v) is 3.71. The Bertz CT molecular complexity index is 975. The highest BCUT2D eigenvalue weighted by Gasteiger charge is 2.28. The number of hydrogen-bond acceptors (Lipinski definition) is 5. The van der Waals surface area contributed by atoms with Gasteiger partial charge in [0.15, 0.2) is 17.0 Å². The zero-order valence-electron chi connectivity index (χ0n) is 14.9. The van der Waals surface area contributed by atoms with Gasteiger partial charge in [-0.1, -0.05) is 0 Å². The van der Waals surface area contributed by atoms with E-state index in [1.54, 1.807) is 6.33 Å². The third-order valence-electron chi connectivity index (χ3n) is 5.35. The Balaban J connectivity index is 1.31. The standard InChI is InChI=1S/C19H20F2N6/c20-14-1-4-16(21)13(9-14)10-25-5-7-26(8-6-25)18-17-19(23-11-22-18)27(12-24-17)15-2-3-15/h1,4,9,11-12,15H,2-3,5-8,10H2. The minimum absolute atomic E-state index is 0.359. The van der Waals surface area contributed by atoms with E-state index in [1.807, 2.05) is 6.33 Å². The van der Waals surface area contributed by atoms with Crippen LogP contribution in [-0.2, 0) is 6.54 Å². The molecular formula is C19H20F2N6. The first-order valence-electron chi connectivity index (χ1n) is 9.28. The molecule has 2 aliphatic rings. The normalized spacial score (nSPS) is 18.4. The van der Waals surface area contributed by atoms with Gasteiger partial charge in [0.2, 0.25) is 0 Å². The molecule has 140 valence electrons. The molecule has 0 amide bonds. The average molecular weight is 370 g/mol. The highest BCUT2D eigenvalue weighted by molar-refractivity contribution is 5.83. The minimum atomic E-state index is -0.403. The molecule has 1 saturated carbocycles. The van der Waals surface area contributed by atoms with Crippen LogP contribution in [0.5, 0.6) is 0 Å². The van der Waals surface area contributed by atoms with Gasteiger partial charge in [0, 0.05) is 44.3 Å². The van der Waals surface area contributed by atoms with Gasteiger partial charge >= 0.3 is 0 Å². The Morgan fingerprint density at radius 1 is 1.00 bits per heavy atom. The molecule has 1 saturated heterocycles. The number of imidazole rings is 1. The van der Waals surface area contributed by atoms with Crippen LogP contribution in [0.25, 0.3) is 11.2 Å². The van der Waals surface area contributed by atoms with Gasteiger partial charge in [-0.25, -0.2) is 23.7 Å². The maximum Gasteiger partial charge on any atom is 0.165 e. The van der Waals surface area contributed by atoms with E-state index in [0.717, 1.165) is 49.2 Å². The van der Waals surface area contributed by atoms with Crippen LogP contribution in [0.4, 0.5) is 14.6 Å². The predicted molar refractivity (Wildman–Crippen MR) is 97.4 cm³/mol. The van der Waals surface area contributed by atoms with Gasteiger partial charge in [-0.2, -0.15) is 0 Å². The van der Waals surface area contributed by atoms with Crippen molar-refractivity contribution in [3.05, 3.63) is 48.1 Å². The molecule has 1 aliphatic heterocycles. The second-order valence-electron chi connectivity index (χ2n) is 7.25. The summed E-state index contributed by atoms with van der Waals surface area (Å²) in [5, 5.41) is 0. The molecule has 3 heterocycles. The first-order chi connectivity index (χ1) is 13.2. The van der Waals surface area contributed by atoms with E-state index in [-0.39, 0.29) is 5.82 Å². The summed E-state index contributed by atoms with van der Waals surface area (Å²) >= 11 is 0. The topological polar surface area (TPSA) is 50.1 Å². The molecule has 8 heteroatoms. The molecule has 1 aliphatic carbocycles. The van der Waals surface area contributed by atoms with Crippen LogP contribution in [0, 0.1) is 11.6 Å². The van der Waals surface area contributed by atoms with E-state index in [2.05, 4.69) is 29.3 Å². The van der Waals surface area contributed by atoms with Crippen LogP contribution in [0.1, 0.15) is 24.4 Å². The minimum Gasteiger partial charge on any atom is -0.352 e. The van der Waals surface area contributed by atoms with Crippen LogP contribution in [0.15, 0.2) is 30.9 Å². The molecule has 5 rings (SSSR count). The van der Waals surface area contributed by atoms with Crippen molar-refractivity contribution in [1.82, 2.24) is 24.4 Å².